The molecule has 0 N–H and O–H groups in total. The molecule has 1 heteroatoms. The van der Waals surface area contributed by atoms with Gasteiger partial charge in [0.25, 0.3) is 0 Å². The van der Waals surface area contributed by atoms with E-state index in [2.05, 4.69) is 39.2 Å². The summed E-state index contributed by atoms with van der Waals surface area (Å²) in [6.45, 7) is 9.35. The lowest BCUT2D eigenvalue weighted by molar-refractivity contribution is 0.430. The summed E-state index contributed by atoms with van der Waals surface area (Å²) >= 11 is 0. The summed E-state index contributed by atoms with van der Waals surface area (Å²) in [5.41, 5.74) is 5.23. The van der Waals surface area contributed by atoms with Gasteiger partial charge in [0.05, 0.1) is 0 Å². The molecule has 1 rings (SSSR count). The van der Waals surface area contributed by atoms with Gasteiger partial charge < -0.3 is 0 Å². The molecule has 1 fully saturated rings. The summed E-state index contributed by atoms with van der Waals surface area (Å²) < 4.78 is 0. The Hall–Kier alpha value is -0.223. The molecule has 0 aromatic heterocycles. The second-order valence-corrected chi connectivity index (χ2v) is 8.84. The number of hydrogen-bond acceptors (Lipinski definition) is 0. The van der Waals surface area contributed by atoms with Gasteiger partial charge in [0, 0.05) is 5.92 Å². The van der Waals surface area contributed by atoms with Crippen LogP contribution < -0.4 is 0 Å². The van der Waals surface area contributed by atoms with Gasteiger partial charge in [0.1, 0.15) is 8.80 Å². The van der Waals surface area contributed by atoms with E-state index in [-0.39, 0.29) is 0 Å². The highest BCUT2D eigenvalue weighted by molar-refractivity contribution is 6.70. The van der Waals surface area contributed by atoms with Crippen LogP contribution in [0.3, 0.4) is 0 Å². The van der Waals surface area contributed by atoms with Crippen molar-refractivity contribution in [3.8, 4) is 11.5 Å². The lowest BCUT2D eigenvalue weighted by atomic mass is 9.90. The lowest BCUT2D eigenvalue weighted by Gasteiger charge is -2.18. The smallest absolute Gasteiger partial charge is 0.132 e. The molecule has 0 aromatic rings. The van der Waals surface area contributed by atoms with Gasteiger partial charge in [-0.3, -0.25) is 0 Å². The van der Waals surface area contributed by atoms with Crippen molar-refractivity contribution in [2.75, 3.05) is 0 Å². The lowest BCUT2D eigenvalue weighted by Crippen LogP contribution is -2.19. The van der Waals surface area contributed by atoms with Gasteiger partial charge in [-0.1, -0.05) is 47.0 Å². The monoisotopic (exact) mass is 221 g/mol. The minimum atomic E-state index is -0.439. The molecule has 1 saturated carbocycles. The van der Waals surface area contributed by atoms with Gasteiger partial charge >= 0.3 is 0 Å². The predicted octanol–water partition coefficient (Wildman–Crippen LogP) is 4.42. The van der Waals surface area contributed by atoms with Gasteiger partial charge in [-0.05, 0) is 23.9 Å². The molecule has 0 spiro atoms. The van der Waals surface area contributed by atoms with Crippen LogP contribution in [0.4, 0.5) is 0 Å². The Bertz CT molecular complexity index is 217. The maximum Gasteiger partial charge on any atom is 0.150 e. The van der Waals surface area contributed by atoms with Crippen molar-refractivity contribution < 1.29 is 0 Å². The first-order chi connectivity index (χ1) is 7.11. The standard InChI is InChI=1S/C14H25Si/c1-12(2)15(13(3)4)11-10-14-8-6-5-7-9-14/h12-14H,5-9H2,1-4H3. The first-order valence-electron chi connectivity index (χ1n) is 6.49. The zero-order valence-electron chi connectivity index (χ0n) is 10.8. The zero-order chi connectivity index (χ0) is 11.3. The van der Waals surface area contributed by atoms with E-state index in [0.717, 1.165) is 17.0 Å². The Labute approximate surface area is 97.5 Å². The minimum absolute atomic E-state index is 0.439. The Kier molecular flexibility index (Phi) is 5.46. The Morgan fingerprint density at radius 2 is 1.47 bits per heavy atom. The minimum Gasteiger partial charge on any atom is -0.132 e. The van der Waals surface area contributed by atoms with E-state index in [0.29, 0.717) is 0 Å². The second kappa shape index (κ2) is 6.38. The van der Waals surface area contributed by atoms with Gasteiger partial charge in [0.15, 0.2) is 0 Å². The molecular weight excluding hydrogens is 196 g/mol. The van der Waals surface area contributed by atoms with E-state index >= 15 is 0 Å². The second-order valence-electron chi connectivity index (χ2n) is 5.37. The highest BCUT2D eigenvalue weighted by Gasteiger charge is 2.18. The topological polar surface area (TPSA) is 0 Å². The van der Waals surface area contributed by atoms with Gasteiger partial charge in [0.2, 0.25) is 0 Å². The molecule has 0 bridgehead atoms. The fraction of sp³-hybridized carbons (Fsp3) is 0.857. The first-order valence-corrected chi connectivity index (χ1v) is 8.15. The van der Waals surface area contributed by atoms with Crippen molar-refractivity contribution in [1.82, 2.24) is 0 Å². The Balaban J connectivity index is 2.52. The average molecular weight is 221 g/mol. The van der Waals surface area contributed by atoms with E-state index in [9.17, 15) is 0 Å². The van der Waals surface area contributed by atoms with E-state index in [1.165, 1.54) is 32.1 Å². The summed E-state index contributed by atoms with van der Waals surface area (Å²) in [5.74, 6) is 4.31. The van der Waals surface area contributed by atoms with E-state index in [1.807, 2.05) is 0 Å². The SMILES string of the molecule is CC(C)[Si](C#CC1CCCCC1)C(C)C. The predicted molar refractivity (Wildman–Crippen MR) is 70.3 cm³/mol. The molecule has 0 aliphatic heterocycles. The highest BCUT2D eigenvalue weighted by atomic mass is 28.3. The van der Waals surface area contributed by atoms with Crippen LogP contribution in [-0.4, -0.2) is 8.80 Å². The fourth-order valence-electron chi connectivity index (χ4n) is 2.39. The molecule has 0 atom stereocenters. The van der Waals surface area contributed by atoms with Crippen LogP contribution in [0.2, 0.25) is 11.1 Å². The molecule has 0 amide bonds. The Morgan fingerprint density at radius 1 is 0.933 bits per heavy atom. The number of rotatable bonds is 2. The van der Waals surface area contributed by atoms with Crippen LogP contribution in [0.15, 0.2) is 0 Å². The van der Waals surface area contributed by atoms with Crippen LogP contribution in [0, 0.1) is 17.4 Å². The summed E-state index contributed by atoms with van der Waals surface area (Å²) in [6, 6.07) is 0. The van der Waals surface area contributed by atoms with E-state index in [1.54, 1.807) is 0 Å². The summed E-state index contributed by atoms with van der Waals surface area (Å²) in [6.07, 6.45) is 6.97. The van der Waals surface area contributed by atoms with Crippen LogP contribution in [0.5, 0.6) is 0 Å². The highest BCUT2D eigenvalue weighted by Crippen LogP contribution is 2.24. The van der Waals surface area contributed by atoms with Crippen LogP contribution in [0.25, 0.3) is 0 Å². The molecule has 0 saturated heterocycles. The van der Waals surface area contributed by atoms with Gasteiger partial charge in [-0.15, -0.1) is 11.5 Å². The van der Waals surface area contributed by atoms with Crippen LogP contribution >= 0.6 is 0 Å². The van der Waals surface area contributed by atoms with Crippen molar-refractivity contribution in [3.05, 3.63) is 0 Å². The molecule has 0 nitrogen and oxygen atoms in total. The summed E-state index contributed by atoms with van der Waals surface area (Å²) in [4.78, 5) is 0. The molecular formula is C14H25Si. The molecule has 85 valence electrons. The third-order valence-electron chi connectivity index (χ3n) is 3.27. The average Bonchev–Trinajstić information content (AvgIpc) is 2.18. The molecule has 1 aliphatic carbocycles. The first kappa shape index (κ1) is 12.8. The molecule has 0 aromatic carbocycles. The van der Waals surface area contributed by atoms with Crippen molar-refractivity contribution in [2.24, 2.45) is 5.92 Å². The quantitative estimate of drug-likeness (QED) is 0.478. The fourth-order valence-corrected chi connectivity index (χ4v) is 4.67. The van der Waals surface area contributed by atoms with Crippen LogP contribution in [0.1, 0.15) is 59.8 Å². The maximum atomic E-state index is 3.64. The zero-order valence-corrected chi connectivity index (χ0v) is 11.8. The summed E-state index contributed by atoms with van der Waals surface area (Å²) in [7, 11) is -0.439. The van der Waals surface area contributed by atoms with Crippen molar-refractivity contribution >= 4 is 8.80 Å². The van der Waals surface area contributed by atoms with Gasteiger partial charge in [-0.2, -0.15) is 0 Å². The van der Waals surface area contributed by atoms with E-state index in [4.69, 9.17) is 0 Å². The Morgan fingerprint density at radius 3 is 1.93 bits per heavy atom. The van der Waals surface area contributed by atoms with E-state index < -0.39 is 8.80 Å². The molecule has 15 heavy (non-hydrogen) atoms. The van der Waals surface area contributed by atoms with Crippen molar-refractivity contribution in [3.63, 3.8) is 0 Å². The third-order valence-corrected chi connectivity index (χ3v) is 6.19. The molecule has 0 unspecified atom stereocenters. The number of hydrogen-bond donors (Lipinski definition) is 0. The van der Waals surface area contributed by atoms with Crippen molar-refractivity contribution in [1.29, 1.82) is 0 Å². The van der Waals surface area contributed by atoms with Crippen molar-refractivity contribution in [2.45, 2.75) is 70.9 Å². The third kappa shape index (κ3) is 4.43. The van der Waals surface area contributed by atoms with Crippen LogP contribution in [-0.2, 0) is 0 Å². The molecule has 1 aliphatic rings. The molecule has 0 heterocycles. The largest absolute Gasteiger partial charge is 0.150 e. The summed E-state index contributed by atoms with van der Waals surface area (Å²) in [5, 5.41) is 0. The molecule has 1 radical (unpaired) electrons. The maximum absolute atomic E-state index is 3.64. The van der Waals surface area contributed by atoms with Gasteiger partial charge in [-0.25, -0.2) is 0 Å². The normalized spacial score (nSPS) is 18.3.